The molecule has 1 heterocycles. The van der Waals surface area contributed by atoms with E-state index in [9.17, 15) is 0 Å². The lowest BCUT2D eigenvalue weighted by atomic mass is 9.73. The minimum absolute atomic E-state index is 0.0468. The molecule has 17 heavy (non-hydrogen) atoms. The van der Waals surface area contributed by atoms with Gasteiger partial charge in [0, 0.05) is 11.6 Å². The van der Waals surface area contributed by atoms with Gasteiger partial charge in [0.2, 0.25) is 0 Å². The fourth-order valence-electron chi connectivity index (χ4n) is 3.27. The van der Waals surface area contributed by atoms with Gasteiger partial charge in [-0.3, -0.25) is 0 Å². The molecule has 0 amide bonds. The van der Waals surface area contributed by atoms with E-state index in [2.05, 4.69) is 17.4 Å². The third kappa shape index (κ3) is 1.88. The van der Waals surface area contributed by atoms with Gasteiger partial charge in [0.05, 0.1) is 18.2 Å². The van der Waals surface area contributed by atoms with Crippen LogP contribution in [-0.2, 0) is 10.3 Å². The number of fused-ring (bicyclic) bond motifs is 1. The summed E-state index contributed by atoms with van der Waals surface area (Å²) in [5.74, 6) is 0. The standard InChI is InChI=1S/C14H18ClNO/c15-12-6-2-1-5-11(12)14-8-4-3-7-13(14)17-10-9-16-14/h1-2,5-6,13,16H,3-4,7-10H2/t13-,14-/m1/s1. The number of nitrogens with one attached hydrogen (secondary N) is 1. The van der Waals surface area contributed by atoms with Gasteiger partial charge in [0.25, 0.3) is 0 Å². The monoisotopic (exact) mass is 251 g/mol. The molecule has 0 radical (unpaired) electrons. The van der Waals surface area contributed by atoms with Gasteiger partial charge in [-0.25, -0.2) is 0 Å². The van der Waals surface area contributed by atoms with Gasteiger partial charge in [0.1, 0.15) is 0 Å². The Hall–Kier alpha value is -0.570. The largest absolute Gasteiger partial charge is 0.375 e. The molecule has 0 aromatic heterocycles. The van der Waals surface area contributed by atoms with E-state index < -0.39 is 0 Å². The molecular formula is C14H18ClNO. The SMILES string of the molecule is Clc1ccccc1[C@]12CCCC[C@H]1OCCN2. The molecule has 0 bridgehead atoms. The van der Waals surface area contributed by atoms with E-state index in [1.54, 1.807) is 0 Å². The van der Waals surface area contributed by atoms with Crippen molar-refractivity contribution in [1.29, 1.82) is 0 Å². The van der Waals surface area contributed by atoms with Crippen LogP contribution in [0.2, 0.25) is 5.02 Å². The summed E-state index contributed by atoms with van der Waals surface area (Å²) in [6.07, 6.45) is 5.06. The number of ether oxygens (including phenoxy) is 1. The van der Waals surface area contributed by atoms with Gasteiger partial charge in [-0.1, -0.05) is 42.6 Å². The highest BCUT2D eigenvalue weighted by Gasteiger charge is 2.45. The van der Waals surface area contributed by atoms with Crippen LogP contribution in [0.25, 0.3) is 0 Å². The number of benzene rings is 1. The molecular weight excluding hydrogens is 234 g/mol. The molecule has 2 atom stereocenters. The van der Waals surface area contributed by atoms with Crippen LogP contribution in [0.15, 0.2) is 24.3 Å². The molecule has 1 saturated heterocycles. The highest BCUT2D eigenvalue weighted by molar-refractivity contribution is 6.31. The summed E-state index contributed by atoms with van der Waals surface area (Å²) >= 11 is 6.38. The second-order valence-corrected chi connectivity index (χ2v) is 5.39. The van der Waals surface area contributed by atoms with Crippen LogP contribution in [0, 0.1) is 0 Å². The fraction of sp³-hybridized carbons (Fsp3) is 0.571. The summed E-state index contributed by atoms with van der Waals surface area (Å²) in [5.41, 5.74) is 1.17. The highest BCUT2D eigenvalue weighted by Crippen LogP contribution is 2.42. The van der Waals surface area contributed by atoms with Crippen LogP contribution in [0.3, 0.4) is 0 Å². The molecule has 0 unspecified atom stereocenters. The molecule has 1 saturated carbocycles. The molecule has 0 spiro atoms. The first-order valence-corrected chi connectivity index (χ1v) is 6.82. The summed E-state index contributed by atoms with van der Waals surface area (Å²) in [6.45, 7) is 1.73. The van der Waals surface area contributed by atoms with Crippen molar-refractivity contribution >= 4 is 11.6 Å². The number of rotatable bonds is 1. The summed E-state index contributed by atoms with van der Waals surface area (Å²) in [5, 5.41) is 4.54. The number of hydrogen-bond donors (Lipinski definition) is 1. The molecule has 1 aromatic carbocycles. The molecule has 3 heteroatoms. The molecule has 2 fully saturated rings. The lowest BCUT2D eigenvalue weighted by molar-refractivity contribution is -0.0756. The van der Waals surface area contributed by atoms with E-state index in [4.69, 9.17) is 16.3 Å². The summed E-state index contributed by atoms with van der Waals surface area (Å²) < 4.78 is 5.97. The molecule has 1 aromatic rings. The third-order valence-corrected chi connectivity index (χ3v) is 4.38. The number of morpholine rings is 1. The Labute approximate surface area is 107 Å². The van der Waals surface area contributed by atoms with E-state index >= 15 is 0 Å². The molecule has 3 rings (SSSR count). The third-order valence-electron chi connectivity index (χ3n) is 4.05. The fourth-order valence-corrected chi connectivity index (χ4v) is 3.57. The Balaban J connectivity index is 2.04. The van der Waals surface area contributed by atoms with Crippen LogP contribution in [-0.4, -0.2) is 19.3 Å². The lowest BCUT2D eigenvalue weighted by Crippen LogP contribution is -2.59. The van der Waals surface area contributed by atoms with Crippen LogP contribution in [0.1, 0.15) is 31.2 Å². The summed E-state index contributed by atoms with van der Waals surface area (Å²) in [7, 11) is 0. The van der Waals surface area contributed by atoms with Gasteiger partial charge in [-0.2, -0.15) is 0 Å². The second-order valence-electron chi connectivity index (χ2n) is 4.98. The Kier molecular flexibility index (Phi) is 3.12. The maximum Gasteiger partial charge on any atom is 0.0799 e. The number of hydrogen-bond acceptors (Lipinski definition) is 2. The Morgan fingerprint density at radius 3 is 3.06 bits per heavy atom. The van der Waals surface area contributed by atoms with Crippen molar-refractivity contribution in [1.82, 2.24) is 5.32 Å². The molecule has 2 aliphatic rings. The number of halogens is 1. The predicted octanol–water partition coefficient (Wildman–Crippen LogP) is 3.10. The zero-order valence-corrected chi connectivity index (χ0v) is 10.7. The molecule has 1 N–H and O–H groups in total. The van der Waals surface area contributed by atoms with Crippen molar-refractivity contribution in [2.45, 2.75) is 37.3 Å². The quantitative estimate of drug-likeness (QED) is 0.828. The van der Waals surface area contributed by atoms with Crippen LogP contribution in [0.5, 0.6) is 0 Å². The van der Waals surface area contributed by atoms with Crippen molar-refractivity contribution < 1.29 is 4.74 Å². The Bertz CT molecular complexity index is 395. The van der Waals surface area contributed by atoms with Gasteiger partial charge >= 0.3 is 0 Å². The average Bonchev–Trinajstić information content (AvgIpc) is 2.39. The second kappa shape index (κ2) is 4.60. The van der Waals surface area contributed by atoms with Gasteiger partial charge < -0.3 is 10.1 Å². The smallest absolute Gasteiger partial charge is 0.0799 e. The predicted molar refractivity (Wildman–Crippen MR) is 69.3 cm³/mol. The van der Waals surface area contributed by atoms with Crippen LogP contribution >= 0.6 is 11.6 Å². The first kappa shape index (κ1) is 11.5. The zero-order valence-electron chi connectivity index (χ0n) is 9.92. The minimum Gasteiger partial charge on any atom is -0.375 e. The van der Waals surface area contributed by atoms with E-state index in [1.165, 1.54) is 18.4 Å². The summed E-state index contributed by atoms with van der Waals surface area (Å²) in [4.78, 5) is 0. The van der Waals surface area contributed by atoms with E-state index in [1.807, 2.05) is 12.1 Å². The highest BCUT2D eigenvalue weighted by atomic mass is 35.5. The van der Waals surface area contributed by atoms with Crippen molar-refractivity contribution in [3.05, 3.63) is 34.9 Å². The first-order chi connectivity index (χ1) is 8.33. The van der Waals surface area contributed by atoms with E-state index in [-0.39, 0.29) is 11.6 Å². The van der Waals surface area contributed by atoms with Gasteiger partial charge in [-0.15, -0.1) is 0 Å². The van der Waals surface area contributed by atoms with Crippen molar-refractivity contribution in [2.75, 3.05) is 13.2 Å². The maximum absolute atomic E-state index is 6.38. The minimum atomic E-state index is -0.0468. The van der Waals surface area contributed by atoms with Crippen LogP contribution in [0.4, 0.5) is 0 Å². The molecule has 1 aliphatic carbocycles. The molecule has 92 valence electrons. The Morgan fingerprint density at radius 1 is 1.29 bits per heavy atom. The van der Waals surface area contributed by atoms with Crippen molar-refractivity contribution in [2.24, 2.45) is 0 Å². The van der Waals surface area contributed by atoms with Gasteiger partial charge in [-0.05, 0) is 24.5 Å². The molecule has 2 nitrogen and oxygen atoms in total. The average molecular weight is 252 g/mol. The lowest BCUT2D eigenvalue weighted by Gasteiger charge is -2.48. The van der Waals surface area contributed by atoms with E-state index in [0.717, 1.165) is 31.0 Å². The topological polar surface area (TPSA) is 21.3 Å². The zero-order chi connectivity index (χ0) is 11.7. The molecule has 1 aliphatic heterocycles. The first-order valence-electron chi connectivity index (χ1n) is 6.44. The van der Waals surface area contributed by atoms with Crippen LogP contribution < -0.4 is 5.32 Å². The van der Waals surface area contributed by atoms with Gasteiger partial charge in [0.15, 0.2) is 0 Å². The Morgan fingerprint density at radius 2 is 2.18 bits per heavy atom. The summed E-state index contributed by atoms with van der Waals surface area (Å²) in [6, 6.07) is 8.18. The van der Waals surface area contributed by atoms with E-state index in [0.29, 0.717) is 0 Å². The maximum atomic E-state index is 6.38. The van der Waals surface area contributed by atoms with Crippen molar-refractivity contribution in [3.8, 4) is 0 Å². The van der Waals surface area contributed by atoms with Crippen molar-refractivity contribution in [3.63, 3.8) is 0 Å². The normalized spacial score (nSPS) is 33.1.